The number of guanidine groups is 1. The lowest BCUT2D eigenvalue weighted by molar-refractivity contribution is 0.184. The second-order valence-electron chi connectivity index (χ2n) is 7.20. The van der Waals surface area contributed by atoms with Crippen molar-refractivity contribution in [2.24, 2.45) is 10.9 Å². The molecule has 1 fully saturated rings. The predicted molar refractivity (Wildman–Crippen MR) is 109 cm³/mol. The Morgan fingerprint density at radius 3 is 2.62 bits per heavy atom. The fourth-order valence-electron chi connectivity index (χ4n) is 3.31. The Hall–Kier alpha value is -1.59. The normalized spacial score (nSPS) is 16.7. The molecule has 1 saturated heterocycles. The minimum atomic E-state index is 0.629. The minimum Gasteiger partial charge on any atom is -0.380 e. The zero-order valence-electron chi connectivity index (χ0n) is 16.8. The van der Waals surface area contributed by atoms with Gasteiger partial charge in [0.25, 0.3) is 0 Å². The summed E-state index contributed by atoms with van der Waals surface area (Å²) >= 11 is 0. The van der Waals surface area contributed by atoms with Gasteiger partial charge in [0, 0.05) is 20.2 Å². The molecule has 0 aromatic heterocycles. The highest BCUT2D eigenvalue weighted by Gasteiger charge is 2.14. The summed E-state index contributed by atoms with van der Waals surface area (Å²) < 4.78 is 5.28. The van der Waals surface area contributed by atoms with Gasteiger partial charge in [-0.1, -0.05) is 31.2 Å². The van der Waals surface area contributed by atoms with Crippen LogP contribution in [0.25, 0.3) is 0 Å². The van der Waals surface area contributed by atoms with Crippen LogP contribution in [0.3, 0.4) is 0 Å². The zero-order valence-corrected chi connectivity index (χ0v) is 16.8. The van der Waals surface area contributed by atoms with E-state index in [2.05, 4.69) is 47.6 Å². The summed E-state index contributed by atoms with van der Waals surface area (Å²) in [6.07, 6.45) is 3.84. The van der Waals surface area contributed by atoms with Crippen molar-refractivity contribution in [2.45, 2.75) is 46.3 Å². The molecule has 1 aliphatic heterocycles. The first-order valence-corrected chi connectivity index (χ1v) is 10.0. The topological polar surface area (TPSA) is 48.9 Å². The lowest BCUT2D eigenvalue weighted by Gasteiger charge is -2.30. The Bertz CT molecular complexity index is 539. The van der Waals surface area contributed by atoms with E-state index in [-0.39, 0.29) is 0 Å². The third-order valence-corrected chi connectivity index (χ3v) is 4.99. The Balaban J connectivity index is 1.77. The van der Waals surface area contributed by atoms with E-state index >= 15 is 0 Å². The van der Waals surface area contributed by atoms with E-state index in [0.717, 1.165) is 31.4 Å². The van der Waals surface area contributed by atoms with Crippen molar-refractivity contribution in [1.29, 1.82) is 0 Å². The van der Waals surface area contributed by atoms with Gasteiger partial charge in [-0.15, -0.1) is 0 Å². The van der Waals surface area contributed by atoms with Gasteiger partial charge in [0.2, 0.25) is 0 Å². The van der Waals surface area contributed by atoms with Gasteiger partial charge in [0.1, 0.15) is 0 Å². The Kier molecular flexibility index (Phi) is 9.50. The van der Waals surface area contributed by atoms with E-state index in [0.29, 0.717) is 13.2 Å². The summed E-state index contributed by atoms with van der Waals surface area (Å²) in [5, 5.41) is 6.81. The number of benzene rings is 1. The molecule has 146 valence electrons. The highest BCUT2D eigenvalue weighted by Crippen LogP contribution is 2.15. The highest BCUT2D eigenvalue weighted by atomic mass is 16.5. The van der Waals surface area contributed by atoms with Gasteiger partial charge in [-0.25, -0.2) is 4.99 Å². The van der Waals surface area contributed by atoms with Crippen LogP contribution in [0.5, 0.6) is 0 Å². The molecule has 0 aliphatic carbocycles. The van der Waals surface area contributed by atoms with Crippen LogP contribution in [-0.4, -0.2) is 50.7 Å². The van der Waals surface area contributed by atoms with E-state index in [1.165, 1.54) is 43.6 Å². The maximum atomic E-state index is 5.28. The smallest absolute Gasteiger partial charge is 0.191 e. The Labute approximate surface area is 159 Å². The molecule has 2 N–H and O–H groups in total. The van der Waals surface area contributed by atoms with Crippen molar-refractivity contribution in [2.75, 3.05) is 39.8 Å². The first-order valence-electron chi connectivity index (χ1n) is 10.0. The molecule has 0 radical (unpaired) electrons. The van der Waals surface area contributed by atoms with E-state index in [1.54, 1.807) is 7.11 Å². The van der Waals surface area contributed by atoms with Crippen LogP contribution in [0.1, 0.15) is 44.2 Å². The third kappa shape index (κ3) is 7.34. The number of rotatable bonds is 9. The number of likely N-dealkylation sites (tertiary alicyclic amines) is 1. The van der Waals surface area contributed by atoms with E-state index in [9.17, 15) is 0 Å². The molecule has 1 aliphatic rings. The predicted octanol–water partition coefficient (Wildman–Crippen LogP) is 3.01. The summed E-state index contributed by atoms with van der Waals surface area (Å²) in [6.45, 7) is 11.3. The average molecular weight is 361 g/mol. The van der Waals surface area contributed by atoms with Gasteiger partial charge in [0.05, 0.1) is 13.2 Å². The van der Waals surface area contributed by atoms with Gasteiger partial charge in [0.15, 0.2) is 5.96 Å². The molecular weight excluding hydrogens is 324 g/mol. The second kappa shape index (κ2) is 11.9. The number of piperidine rings is 1. The molecule has 5 heteroatoms. The van der Waals surface area contributed by atoms with Crippen LogP contribution < -0.4 is 10.6 Å². The number of methoxy groups -OCH3 is 1. The van der Waals surface area contributed by atoms with Crippen molar-refractivity contribution >= 4 is 5.96 Å². The lowest BCUT2D eigenvalue weighted by Crippen LogP contribution is -2.39. The number of nitrogens with zero attached hydrogens (tertiary/aromatic N) is 2. The lowest BCUT2D eigenvalue weighted by atomic mass is 9.99. The van der Waals surface area contributed by atoms with Crippen LogP contribution in [0.2, 0.25) is 0 Å². The SMILES string of the molecule is CCNC(=NCc1ccccc1COC)NCCCN1CCC(C)CC1. The van der Waals surface area contributed by atoms with E-state index in [4.69, 9.17) is 9.73 Å². The van der Waals surface area contributed by atoms with Crippen molar-refractivity contribution in [3.8, 4) is 0 Å². The molecule has 0 saturated carbocycles. The van der Waals surface area contributed by atoms with Gasteiger partial charge in [-0.2, -0.15) is 0 Å². The highest BCUT2D eigenvalue weighted by molar-refractivity contribution is 5.79. The summed E-state index contributed by atoms with van der Waals surface area (Å²) in [6, 6.07) is 8.34. The monoisotopic (exact) mass is 360 g/mol. The third-order valence-electron chi connectivity index (χ3n) is 4.99. The number of hydrogen-bond donors (Lipinski definition) is 2. The Morgan fingerprint density at radius 1 is 1.19 bits per heavy atom. The molecule has 26 heavy (non-hydrogen) atoms. The molecule has 0 unspecified atom stereocenters. The van der Waals surface area contributed by atoms with Crippen molar-refractivity contribution in [3.05, 3.63) is 35.4 Å². The summed E-state index contributed by atoms with van der Waals surface area (Å²) in [7, 11) is 1.73. The minimum absolute atomic E-state index is 0.629. The van der Waals surface area contributed by atoms with Crippen LogP contribution >= 0.6 is 0 Å². The maximum Gasteiger partial charge on any atom is 0.191 e. The second-order valence-corrected chi connectivity index (χ2v) is 7.20. The molecule has 0 atom stereocenters. The van der Waals surface area contributed by atoms with Crippen LogP contribution in [-0.2, 0) is 17.9 Å². The number of nitrogens with one attached hydrogen (secondary N) is 2. The summed E-state index contributed by atoms with van der Waals surface area (Å²) in [4.78, 5) is 7.34. The molecular formula is C21H36N4O. The Morgan fingerprint density at radius 2 is 1.92 bits per heavy atom. The first-order chi connectivity index (χ1) is 12.7. The van der Waals surface area contributed by atoms with Crippen LogP contribution in [0, 0.1) is 5.92 Å². The molecule has 1 heterocycles. The molecule has 2 rings (SSSR count). The van der Waals surface area contributed by atoms with Crippen LogP contribution in [0.4, 0.5) is 0 Å². The summed E-state index contributed by atoms with van der Waals surface area (Å²) in [5.41, 5.74) is 2.42. The van der Waals surface area contributed by atoms with Gasteiger partial charge in [-0.3, -0.25) is 0 Å². The first kappa shape index (κ1) is 20.7. The van der Waals surface area contributed by atoms with Crippen molar-refractivity contribution in [1.82, 2.24) is 15.5 Å². The number of aliphatic imine (C=N–C) groups is 1. The molecule has 0 spiro atoms. The van der Waals surface area contributed by atoms with Crippen molar-refractivity contribution in [3.63, 3.8) is 0 Å². The van der Waals surface area contributed by atoms with Gasteiger partial charge in [-0.05, 0) is 62.9 Å². The number of ether oxygens (including phenoxy) is 1. The molecule has 0 amide bonds. The fraction of sp³-hybridized carbons (Fsp3) is 0.667. The van der Waals surface area contributed by atoms with E-state index in [1.807, 2.05) is 6.07 Å². The number of hydrogen-bond acceptors (Lipinski definition) is 3. The zero-order chi connectivity index (χ0) is 18.6. The molecule has 0 bridgehead atoms. The van der Waals surface area contributed by atoms with E-state index < -0.39 is 0 Å². The quantitative estimate of drug-likeness (QED) is 0.404. The van der Waals surface area contributed by atoms with Crippen LogP contribution in [0.15, 0.2) is 29.3 Å². The fourth-order valence-corrected chi connectivity index (χ4v) is 3.31. The van der Waals surface area contributed by atoms with Crippen molar-refractivity contribution < 1.29 is 4.74 Å². The van der Waals surface area contributed by atoms with Gasteiger partial charge < -0.3 is 20.3 Å². The largest absolute Gasteiger partial charge is 0.380 e. The molecule has 1 aromatic rings. The molecule has 1 aromatic carbocycles. The average Bonchev–Trinajstić information content (AvgIpc) is 2.66. The molecule has 5 nitrogen and oxygen atoms in total. The van der Waals surface area contributed by atoms with Gasteiger partial charge >= 0.3 is 0 Å². The summed E-state index contributed by atoms with van der Waals surface area (Å²) in [5.74, 6) is 1.80. The standard InChI is InChI=1S/C21H36N4O/c1-4-22-21(23-12-7-13-25-14-10-18(2)11-15-25)24-16-19-8-5-6-9-20(19)17-26-3/h5-6,8-9,18H,4,7,10-17H2,1-3H3,(H2,22,23,24). The maximum absolute atomic E-state index is 5.28.